The summed E-state index contributed by atoms with van der Waals surface area (Å²) in [6, 6.07) is 7.32. The van der Waals surface area contributed by atoms with Crippen LogP contribution in [0.25, 0.3) is 0 Å². The lowest BCUT2D eigenvalue weighted by Gasteiger charge is -2.15. The average Bonchev–Trinajstić information content (AvgIpc) is 3.03. The number of aryl methyl sites for hydroxylation is 3. The molecule has 1 aromatic heterocycles. The van der Waals surface area contributed by atoms with Crippen LogP contribution >= 0.6 is 0 Å². The summed E-state index contributed by atoms with van der Waals surface area (Å²) in [5.74, 6) is 0. The van der Waals surface area contributed by atoms with Gasteiger partial charge in [0.15, 0.2) is 0 Å². The molecule has 1 aliphatic carbocycles. The van der Waals surface area contributed by atoms with Crippen LogP contribution in [-0.2, 0) is 19.4 Å². The Balaban J connectivity index is 1.67. The predicted molar refractivity (Wildman–Crippen MR) is 77.0 cm³/mol. The summed E-state index contributed by atoms with van der Waals surface area (Å²) in [5.41, 5.74) is 6.87. The lowest BCUT2D eigenvalue weighted by atomic mass is 10.0. The summed E-state index contributed by atoms with van der Waals surface area (Å²) in [6.07, 6.45) is 5.72. The van der Waals surface area contributed by atoms with E-state index in [1.54, 1.807) is 11.1 Å². The van der Waals surface area contributed by atoms with Crippen LogP contribution in [0.3, 0.4) is 0 Å². The molecule has 1 unspecified atom stereocenters. The van der Waals surface area contributed by atoms with Crippen molar-refractivity contribution in [3.05, 3.63) is 52.3 Å². The fourth-order valence-electron chi connectivity index (χ4n) is 2.80. The number of H-pyrrole nitrogens is 1. The topological polar surface area (TPSA) is 40.7 Å². The van der Waals surface area contributed by atoms with Crippen LogP contribution in [0.4, 0.5) is 0 Å². The molecule has 0 saturated carbocycles. The number of benzene rings is 1. The van der Waals surface area contributed by atoms with Crippen LogP contribution < -0.4 is 5.32 Å². The molecule has 3 nitrogen and oxygen atoms in total. The van der Waals surface area contributed by atoms with Gasteiger partial charge in [-0.05, 0) is 49.8 Å². The van der Waals surface area contributed by atoms with Crippen molar-refractivity contribution in [2.24, 2.45) is 0 Å². The number of rotatable bonds is 4. The van der Waals surface area contributed by atoms with Gasteiger partial charge in [-0.1, -0.05) is 18.2 Å². The van der Waals surface area contributed by atoms with Crippen molar-refractivity contribution in [3.63, 3.8) is 0 Å². The third kappa shape index (κ3) is 2.56. The van der Waals surface area contributed by atoms with Gasteiger partial charge in [0.1, 0.15) is 0 Å². The van der Waals surface area contributed by atoms with Crippen molar-refractivity contribution < 1.29 is 0 Å². The Morgan fingerprint density at radius 2 is 2.16 bits per heavy atom. The van der Waals surface area contributed by atoms with Crippen LogP contribution in [0.2, 0.25) is 0 Å². The molecular weight excluding hydrogens is 234 g/mol. The quantitative estimate of drug-likeness (QED) is 0.881. The summed E-state index contributed by atoms with van der Waals surface area (Å²) in [7, 11) is 0. The first-order valence-corrected chi connectivity index (χ1v) is 7.08. The zero-order valence-electron chi connectivity index (χ0n) is 11.7. The minimum absolute atomic E-state index is 0.375. The van der Waals surface area contributed by atoms with Crippen LogP contribution in [0.1, 0.15) is 47.3 Å². The number of aromatic nitrogens is 2. The largest absolute Gasteiger partial charge is 0.306 e. The summed E-state index contributed by atoms with van der Waals surface area (Å²) in [5, 5.41) is 10.6. The van der Waals surface area contributed by atoms with E-state index in [4.69, 9.17) is 0 Å². The minimum Gasteiger partial charge on any atom is -0.306 e. The van der Waals surface area contributed by atoms with E-state index in [0.717, 1.165) is 12.2 Å². The van der Waals surface area contributed by atoms with E-state index in [1.807, 2.05) is 6.20 Å². The number of nitrogens with zero attached hydrogens (tertiary/aromatic N) is 1. The molecule has 0 fully saturated rings. The van der Waals surface area contributed by atoms with Crippen molar-refractivity contribution >= 4 is 0 Å². The second-order valence-corrected chi connectivity index (χ2v) is 5.50. The maximum absolute atomic E-state index is 4.05. The Bertz CT molecular complexity index is 571. The lowest BCUT2D eigenvalue weighted by Crippen LogP contribution is -2.18. The van der Waals surface area contributed by atoms with E-state index in [9.17, 15) is 0 Å². The van der Waals surface area contributed by atoms with Gasteiger partial charge in [-0.3, -0.25) is 5.10 Å². The van der Waals surface area contributed by atoms with Gasteiger partial charge in [-0.25, -0.2) is 0 Å². The fraction of sp³-hybridized carbons (Fsp3) is 0.438. The average molecular weight is 255 g/mol. The summed E-state index contributed by atoms with van der Waals surface area (Å²) in [6.45, 7) is 5.15. The van der Waals surface area contributed by atoms with Gasteiger partial charge in [-0.2, -0.15) is 5.10 Å². The highest BCUT2D eigenvalue weighted by Crippen LogP contribution is 2.25. The normalized spacial score (nSPS) is 15.5. The highest BCUT2D eigenvalue weighted by atomic mass is 15.1. The van der Waals surface area contributed by atoms with Crippen LogP contribution in [-0.4, -0.2) is 10.2 Å². The molecule has 1 heterocycles. The third-order valence-electron chi connectivity index (χ3n) is 4.16. The maximum atomic E-state index is 4.05. The molecule has 100 valence electrons. The second-order valence-electron chi connectivity index (χ2n) is 5.50. The molecule has 3 heteroatoms. The van der Waals surface area contributed by atoms with E-state index >= 15 is 0 Å². The number of fused-ring (bicyclic) bond motifs is 1. The van der Waals surface area contributed by atoms with Crippen molar-refractivity contribution in [1.29, 1.82) is 0 Å². The number of hydrogen-bond donors (Lipinski definition) is 2. The highest BCUT2D eigenvalue weighted by molar-refractivity contribution is 5.36. The minimum atomic E-state index is 0.375. The highest BCUT2D eigenvalue weighted by Gasteiger charge is 2.13. The van der Waals surface area contributed by atoms with Gasteiger partial charge in [0.25, 0.3) is 0 Å². The van der Waals surface area contributed by atoms with E-state index in [0.29, 0.717) is 6.04 Å². The first-order chi connectivity index (χ1) is 9.24. The Kier molecular flexibility index (Phi) is 3.38. The zero-order chi connectivity index (χ0) is 13.2. The first kappa shape index (κ1) is 12.4. The van der Waals surface area contributed by atoms with Crippen molar-refractivity contribution in [1.82, 2.24) is 15.5 Å². The molecule has 0 bridgehead atoms. The van der Waals surface area contributed by atoms with Gasteiger partial charge in [0.05, 0.1) is 6.20 Å². The maximum Gasteiger partial charge on any atom is 0.0535 e. The molecule has 1 aromatic carbocycles. The fourth-order valence-corrected chi connectivity index (χ4v) is 2.80. The number of aromatic amines is 1. The summed E-state index contributed by atoms with van der Waals surface area (Å²) < 4.78 is 0. The Morgan fingerprint density at radius 3 is 2.95 bits per heavy atom. The summed E-state index contributed by atoms with van der Waals surface area (Å²) >= 11 is 0. The van der Waals surface area contributed by atoms with Crippen LogP contribution in [0.15, 0.2) is 24.4 Å². The van der Waals surface area contributed by atoms with E-state index in [1.165, 1.54) is 30.4 Å². The lowest BCUT2D eigenvalue weighted by molar-refractivity contribution is 0.573. The standard InChI is InChI=1S/C16H21N3/c1-11(17-9-16-10-18-19-12(16)2)14-7-6-13-4-3-5-15(13)8-14/h6-8,10-11,17H,3-5,9H2,1-2H3,(H,18,19). The van der Waals surface area contributed by atoms with Crippen molar-refractivity contribution in [2.45, 2.75) is 45.7 Å². The predicted octanol–water partition coefficient (Wildman–Crippen LogP) is 3.06. The second kappa shape index (κ2) is 5.17. The Morgan fingerprint density at radius 1 is 1.32 bits per heavy atom. The molecule has 2 N–H and O–H groups in total. The Labute approximate surface area is 114 Å². The van der Waals surface area contributed by atoms with Gasteiger partial charge >= 0.3 is 0 Å². The smallest absolute Gasteiger partial charge is 0.0535 e. The Hall–Kier alpha value is -1.61. The molecule has 0 radical (unpaired) electrons. The van der Waals surface area contributed by atoms with Gasteiger partial charge in [0.2, 0.25) is 0 Å². The monoisotopic (exact) mass is 255 g/mol. The molecule has 0 spiro atoms. The molecule has 3 rings (SSSR count). The molecule has 1 aliphatic rings. The molecular formula is C16H21N3. The van der Waals surface area contributed by atoms with E-state index < -0.39 is 0 Å². The SMILES string of the molecule is Cc1[nH]ncc1CNC(C)c1ccc2c(c1)CCC2. The number of nitrogens with one attached hydrogen (secondary N) is 2. The van der Waals surface area contributed by atoms with Crippen LogP contribution in [0, 0.1) is 6.92 Å². The molecule has 0 saturated heterocycles. The molecule has 19 heavy (non-hydrogen) atoms. The van der Waals surface area contributed by atoms with Gasteiger partial charge < -0.3 is 5.32 Å². The molecule has 0 amide bonds. The molecule has 1 atom stereocenters. The first-order valence-electron chi connectivity index (χ1n) is 7.08. The molecule has 0 aliphatic heterocycles. The third-order valence-corrected chi connectivity index (χ3v) is 4.16. The van der Waals surface area contributed by atoms with Gasteiger partial charge in [-0.15, -0.1) is 0 Å². The van der Waals surface area contributed by atoms with Crippen LogP contribution in [0.5, 0.6) is 0 Å². The summed E-state index contributed by atoms with van der Waals surface area (Å²) in [4.78, 5) is 0. The van der Waals surface area contributed by atoms with E-state index in [2.05, 4.69) is 47.6 Å². The van der Waals surface area contributed by atoms with Crippen molar-refractivity contribution in [3.8, 4) is 0 Å². The zero-order valence-corrected chi connectivity index (χ0v) is 11.7. The van der Waals surface area contributed by atoms with Gasteiger partial charge in [0, 0.05) is 23.8 Å². The number of hydrogen-bond acceptors (Lipinski definition) is 2. The molecule has 2 aromatic rings. The van der Waals surface area contributed by atoms with Crippen molar-refractivity contribution in [2.75, 3.05) is 0 Å². The van der Waals surface area contributed by atoms with E-state index in [-0.39, 0.29) is 0 Å².